The predicted octanol–water partition coefficient (Wildman–Crippen LogP) is 3.52. The predicted molar refractivity (Wildman–Crippen MR) is 72.6 cm³/mol. The molecule has 2 aromatic carbocycles. The Labute approximate surface area is 107 Å². The first-order valence-corrected chi connectivity index (χ1v) is 7.25. The highest BCUT2D eigenvalue weighted by atomic mass is 32.2. The average molecular weight is 264 g/mol. The summed E-state index contributed by atoms with van der Waals surface area (Å²) in [7, 11) is -4.15. The van der Waals surface area contributed by atoms with Gasteiger partial charge in [-0.1, -0.05) is 32.0 Å². The van der Waals surface area contributed by atoms with E-state index in [1.54, 1.807) is 12.1 Å². The summed E-state index contributed by atoms with van der Waals surface area (Å²) in [5.41, 5.74) is 2.18. The minimum absolute atomic E-state index is 0.0532. The Balaban J connectivity index is 2.86. The van der Waals surface area contributed by atoms with Crippen molar-refractivity contribution < 1.29 is 13.0 Å². The van der Waals surface area contributed by atoms with Crippen LogP contribution in [-0.2, 0) is 10.1 Å². The number of fused-ring (bicyclic) bond motifs is 1. The van der Waals surface area contributed by atoms with Crippen LogP contribution < -0.4 is 0 Å². The van der Waals surface area contributed by atoms with Crippen molar-refractivity contribution >= 4 is 20.9 Å². The molecule has 1 N–H and O–H groups in total. The van der Waals surface area contributed by atoms with E-state index in [0.717, 1.165) is 21.9 Å². The molecule has 0 fully saturated rings. The van der Waals surface area contributed by atoms with Gasteiger partial charge < -0.3 is 0 Å². The van der Waals surface area contributed by atoms with Gasteiger partial charge in [0.1, 0.15) is 0 Å². The molecule has 2 rings (SSSR count). The van der Waals surface area contributed by atoms with Crippen molar-refractivity contribution in [3.8, 4) is 0 Å². The Morgan fingerprint density at radius 1 is 1.06 bits per heavy atom. The van der Waals surface area contributed by atoms with E-state index in [2.05, 4.69) is 13.8 Å². The topological polar surface area (TPSA) is 54.4 Å². The first-order valence-electron chi connectivity index (χ1n) is 5.81. The van der Waals surface area contributed by atoms with Crippen LogP contribution in [-0.4, -0.2) is 13.0 Å². The lowest BCUT2D eigenvalue weighted by atomic mass is 9.94. The third-order valence-corrected chi connectivity index (χ3v) is 4.01. The zero-order valence-corrected chi connectivity index (χ0v) is 11.5. The molecule has 0 heterocycles. The van der Waals surface area contributed by atoms with Gasteiger partial charge in [-0.05, 0) is 46.9 Å². The minimum atomic E-state index is -4.15. The van der Waals surface area contributed by atoms with Crippen molar-refractivity contribution in [1.29, 1.82) is 0 Å². The van der Waals surface area contributed by atoms with Crippen LogP contribution in [0.15, 0.2) is 35.2 Å². The van der Waals surface area contributed by atoms with Crippen molar-refractivity contribution in [3.05, 3.63) is 41.5 Å². The molecule has 2 aromatic rings. The van der Waals surface area contributed by atoms with Crippen LogP contribution in [0, 0.1) is 6.92 Å². The molecule has 0 saturated carbocycles. The van der Waals surface area contributed by atoms with Gasteiger partial charge in [0.15, 0.2) is 0 Å². The summed E-state index contributed by atoms with van der Waals surface area (Å²) in [6.07, 6.45) is 0. The van der Waals surface area contributed by atoms with E-state index in [0.29, 0.717) is 5.92 Å². The van der Waals surface area contributed by atoms with Crippen molar-refractivity contribution in [1.82, 2.24) is 0 Å². The number of benzene rings is 2. The van der Waals surface area contributed by atoms with E-state index in [-0.39, 0.29) is 4.90 Å². The summed E-state index contributed by atoms with van der Waals surface area (Å²) in [5.74, 6) is 0.296. The van der Waals surface area contributed by atoms with Crippen LogP contribution in [0.2, 0.25) is 0 Å². The SMILES string of the molecule is Cc1ccc(C(C)C)c2cc(S(=O)(=O)O)ccc12. The maximum Gasteiger partial charge on any atom is 0.294 e. The molecule has 3 nitrogen and oxygen atoms in total. The molecule has 0 unspecified atom stereocenters. The van der Waals surface area contributed by atoms with Crippen molar-refractivity contribution in [2.75, 3.05) is 0 Å². The monoisotopic (exact) mass is 264 g/mol. The first kappa shape index (κ1) is 13.1. The Morgan fingerprint density at radius 2 is 1.72 bits per heavy atom. The summed E-state index contributed by atoms with van der Waals surface area (Å²) in [4.78, 5) is -0.0532. The molecule has 0 bridgehead atoms. The van der Waals surface area contributed by atoms with Crippen LogP contribution in [0.4, 0.5) is 0 Å². The summed E-state index contributed by atoms with van der Waals surface area (Å²) in [5, 5.41) is 1.91. The summed E-state index contributed by atoms with van der Waals surface area (Å²) in [6.45, 7) is 6.11. The van der Waals surface area contributed by atoms with Gasteiger partial charge in [0, 0.05) is 0 Å². The van der Waals surface area contributed by atoms with Crippen LogP contribution in [0.3, 0.4) is 0 Å². The van der Waals surface area contributed by atoms with Gasteiger partial charge in [-0.3, -0.25) is 4.55 Å². The molecule has 18 heavy (non-hydrogen) atoms. The zero-order chi connectivity index (χ0) is 13.5. The normalized spacial score (nSPS) is 12.3. The van der Waals surface area contributed by atoms with E-state index in [1.165, 1.54) is 6.07 Å². The van der Waals surface area contributed by atoms with Crippen LogP contribution in [0.5, 0.6) is 0 Å². The Bertz CT molecular complexity index is 700. The van der Waals surface area contributed by atoms with Gasteiger partial charge in [-0.25, -0.2) is 0 Å². The molecule has 4 heteroatoms. The van der Waals surface area contributed by atoms with E-state index in [9.17, 15) is 8.42 Å². The van der Waals surface area contributed by atoms with E-state index < -0.39 is 10.1 Å². The second kappa shape index (κ2) is 4.37. The number of rotatable bonds is 2. The van der Waals surface area contributed by atoms with Gasteiger partial charge in [-0.15, -0.1) is 0 Å². The fraction of sp³-hybridized carbons (Fsp3) is 0.286. The van der Waals surface area contributed by atoms with Gasteiger partial charge in [0.2, 0.25) is 0 Å². The highest BCUT2D eigenvalue weighted by molar-refractivity contribution is 7.85. The van der Waals surface area contributed by atoms with Crippen LogP contribution in [0.1, 0.15) is 30.9 Å². The second-order valence-corrected chi connectivity index (χ2v) is 6.23. The molecule has 0 spiro atoms. The minimum Gasteiger partial charge on any atom is -0.282 e. The lowest BCUT2D eigenvalue weighted by Crippen LogP contribution is -1.99. The molecule has 0 aromatic heterocycles. The van der Waals surface area contributed by atoms with E-state index >= 15 is 0 Å². The highest BCUT2D eigenvalue weighted by Crippen LogP contribution is 2.29. The van der Waals surface area contributed by atoms with Crippen molar-refractivity contribution in [2.24, 2.45) is 0 Å². The smallest absolute Gasteiger partial charge is 0.282 e. The van der Waals surface area contributed by atoms with E-state index in [1.807, 2.05) is 19.1 Å². The molecular formula is C14H16O3S. The Hall–Kier alpha value is -1.39. The van der Waals surface area contributed by atoms with E-state index in [4.69, 9.17) is 4.55 Å². The zero-order valence-electron chi connectivity index (χ0n) is 10.6. The average Bonchev–Trinajstić information content (AvgIpc) is 2.27. The standard InChI is InChI=1S/C14H16O3S/c1-9(2)12-6-4-10(3)13-7-5-11(8-14(12)13)18(15,16)17/h4-9H,1-3H3,(H,15,16,17). The largest absolute Gasteiger partial charge is 0.294 e. The molecule has 0 aliphatic rings. The lowest BCUT2D eigenvalue weighted by Gasteiger charge is -2.12. The van der Waals surface area contributed by atoms with Crippen molar-refractivity contribution in [3.63, 3.8) is 0 Å². The fourth-order valence-corrected chi connectivity index (χ4v) is 2.67. The number of hydrogen-bond donors (Lipinski definition) is 1. The maximum absolute atomic E-state index is 11.2. The molecule has 0 radical (unpaired) electrons. The van der Waals surface area contributed by atoms with Gasteiger partial charge in [0.25, 0.3) is 10.1 Å². The third kappa shape index (κ3) is 2.26. The fourth-order valence-electron chi connectivity index (χ4n) is 2.16. The quantitative estimate of drug-likeness (QED) is 0.844. The van der Waals surface area contributed by atoms with Gasteiger partial charge in [-0.2, -0.15) is 8.42 Å². The summed E-state index contributed by atoms with van der Waals surface area (Å²) >= 11 is 0. The van der Waals surface area contributed by atoms with Gasteiger partial charge >= 0.3 is 0 Å². The Morgan fingerprint density at radius 3 is 2.28 bits per heavy atom. The molecule has 0 aliphatic carbocycles. The molecule has 0 atom stereocenters. The molecular weight excluding hydrogens is 248 g/mol. The first-order chi connectivity index (χ1) is 8.30. The van der Waals surface area contributed by atoms with Gasteiger partial charge in [0.05, 0.1) is 4.90 Å². The highest BCUT2D eigenvalue weighted by Gasteiger charge is 2.13. The number of aryl methyl sites for hydroxylation is 1. The third-order valence-electron chi connectivity index (χ3n) is 3.16. The Kier molecular flexibility index (Phi) is 3.17. The van der Waals surface area contributed by atoms with Crippen LogP contribution >= 0.6 is 0 Å². The molecule has 0 amide bonds. The summed E-state index contributed by atoms with van der Waals surface area (Å²) in [6, 6.07) is 8.78. The lowest BCUT2D eigenvalue weighted by molar-refractivity contribution is 0.483. The van der Waals surface area contributed by atoms with Crippen molar-refractivity contribution in [2.45, 2.75) is 31.6 Å². The number of hydrogen-bond acceptors (Lipinski definition) is 2. The van der Waals surface area contributed by atoms with Crippen LogP contribution in [0.25, 0.3) is 10.8 Å². The summed E-state index contributed by atoms with van der Waals surface area (Å²) < 4.78 is 31.5. The molecule has 0 saturated heterocycles. The second-order valence-electron chi connectivity index (χ2n) is 4.81. The molecule has 0 aliphatic heterocycles. The maximum atomic E-state index is 11.2. The molecule has 96 valence electrons.